The lowest BCUT2D eigenvalue weighted by Gasteiger charge is -2.11. The molecule has 0 aliphatic rings. The molecule has 2 rings (SSSR count). The molecule has 0 saturated heterocycles. The standard InChI is InChI=1S/C16H18FNO/c1-11-4-3-5-15(16(11)17)19-14-7-6-13(8-9-18)12(2)10-14/h3-7,10H,8-9,18H2,1-2H3. The summed E-state index contributed by atoms with van der Waals surface area (Å²) in [6.07, 6.45) is 0.838. The minimum Gasteiger partial charge on any atom is -0.454 e. The summed E-state index contributed by atoms with van der Waals surface area (Å²) in [6, 6.07) is 10.9. The highest BCUT2D eigenvalue weighted by Gasteiger charge is 2.08. The third-order valence-electron chi connectivity index (χ3n) is 3.11. The number of rotatable bonds is 4. The van der Waals surface area contributed by atoms with Crippen molar-refractivity contribution in [3.63, 3.8) is 0 Å². The molecule has 0 heterocycles. The predicted molar refractivity (Wildman–Crippen MR) is 75.1 cm³/mol. The van der Waals surface area contributed by atoms with E-state index in [0.717, 1.165) is 12.0 Å². The number of nitrogens with two attached hydrogens (primary N) is 1. The lowest BCUT2D eigenvalue weighted by molar-refractivity contribution is 0.439. The largest absolute Gasteiger partial charge is 0.454 e. The van der Waals surface area contributed by atoms with Crippen LogP contribution in [0.3, 0.4) is 0 Å². The molecule has 100 valence electrons. The van der Waals surface area contributed by atoms with Crippen molar-refractivity contribution in [3.8, 4) is 11.5 Å². The summed E-state index contributed by atoms with van der Waals surface area (Å²) < 4.78 is 19.4. The Morgan fingerprint density at radius 1 is 1.11 bits per heavy atom. The van der Waals surface area contributed by atoms with E-state index in [0.29, 0.717) is 17.9 Å². The molecule has 0 spiro atoms. The maximum Gasteiger partial charge on any atom is 0.168 e. The molecular formula is C16H18FNO. The van der Waals surface area contributed by atoms with Crippen molar-refractivity contribution in [1.29, 1.82) is 0 Å². The van der Waals surface area contributed by atoms with Crippen LogP contribution < -0.4 is 10.5 Å². The molecule has 0 radical (unpaired) electrons. The first kappa shape index (κ1) is 13.6. The van der Waals surface area contributed by atoms with E-state index in [2.05, 4.69) is 0 Å². The maximum absolute atomic E-state index is 13.8. The molecule has 0 atom stereocenters. The first-order valence-electron chi connectivity index (χ1n) is 6.34. The van der Waals surface area contributed by atoms with Gasteiger partial charge in [0, 0.05) is 0 Å². The molecule has 19 heavy (non-hydrogen) atoms. The summed E-state index contributed by atoms with van der Waals surface area (Å²) in [6.45, 7) is 4.34. The molecule has 0 amide bonds. The molecule has 2 aromatic carbocycles. The highest BCUT2D eigenvalue weighted by atomic mass is 19.1. The van der Waals surface area contributed by atoms with Crippen molar-refractivity contribution >= 4 is 0 Å². The Hall–Kier alpha value is -1.87. The zero-order valence-electron chi connectivity index (χ0n) is 11.2. The second-order valence-electron chi connectivity index (χ2n) is 4.62. The van der Waals surface area contributed by atoms with Gasteiger partial charge < -0.3 is 10.5 Å². The summed E-state index contributed by atoms with van der Waals surface area (Å²) in [7, 11) is 0. The van der Waals surface area contributed by atoms with E-state index in [1.54, 1.807) is 25.1 Å². The van der Waals surface area contributed by atoms with Crippen LogP contribution in [-0.4, -0.2) is 6.54 Å². The van der Waals surface area contributed by atoms with Crippen molar-refractivity contribution in [1.82, 2.24) is 0 Å². The normalized spacial score (nSPS) is 10.5. The van der Waals surface area contributed by atoms with E-state index < -0.39 is 0 Å². The molecule has 0 aromatic heterocycles. The third kappa shape index (κ3) is 3.12. The Labute approximate surface area is 113 Å². The number of hydrogen-bond acceptors (Lipinski definition) is 2. The zero-order chi connectivity index (χ0) is 13.8. The predicted octanol–water partition coefficient (Wildman–Crippen LogP) is 3.74. The first-order chi connectivity index (χ1) is 9.11. The molecule has 0 unspecified atom stereocenters. The number of aryl methyl sites for hydroxylation is 2. The van der Waals surface area contributed by atoms with Gasteiger partial charge in [0.1, 0.15) is 5.75 Å². The van der Waals surface area contributed by atoms with Gasteiger partial charge in [-0.15, -0.1) is 0 Å². The Morgan fingerprint density at radius 3 is 2.58 bits per heavy atom. The molecule has 0 aliphatic carbocycles. The minimum absolute atomic E-state index is 0.256. The fourth-order valence-corrected chi connectivity index (χ4v) is 1.99. The highest BCUT2D eigenvalue weighted by molar-refractivity contribution is 5.39. The van der Waals surface area contributed by atoms with Gasteiger partial charge in [-0.2, -0.15) is 0 Å². The van der Waals surface area contributed by atoms with Crippen molar-refractivity contribution in [2.75, 3.05) is 6.54 Å². The first-order valence-corrected chi connectivity index (χ1v) is 6.34. The smallest absolute Gasteiger partial charge is 0.168 e. The van der Waals surface area contributed by atoms with Crippen LogP contribution >= 0.6 is 0 Å². The Kier molecular flexibility index (Phi) is 4.17. The van der Waals surface area contributed by atoms with E-state index in [1.807, 2.05) is 25.1 Å². The fraction of sp³-hybridized carbons (Fsp3) is 0.250. The summed E-state index contributed by atoms with van der Waals surface area (Å²) >= 11 is 0. The van der Waals surface area contributed by atoms with Gasteiger partial charge in [0.05, 0.1) is 0 Å². The number of benzene rings is 2. The van der Waals surface area contributed by atoms with Crippen molar-refractivity contribution in [2.45, 2.75) is 20.3 Å². The number of hydrogen-bond donors (Lipinski definition) is 1. The van der Waals surface area contributed by atoms with Gasteiger partial charge >= 0.3 is 0 Å². The van der Waals surface area contributed by atoms with Gasteiger partial charge in [0.15, 0.2) is 11.6 Å². The molecule has 0 saturated carbocycles. The van der Waals surface area contributed by atoms with Crippen LogP contribution in [-0.2, 0) is 6.42 Å². The lowest BCUT2D eigenvalue weighted by atomic mass is 10.1. The van der Waals surface area contributed by atoms with Gasteiger partial charge in [-0.3, -0.25) is 0 Å². The van der Waals surface area contributed by atoms with Crippen LogP contribution in [0.5, 0.6) is 11.5 Å². The zero-order valence-corrected chi connectivity index (χ0v) is 11.2. The second kappa shape index (κ2) is 5.85. The lowest BCUT2D eigenvalue weighted by Crippen LogP contribution is -2.04. The van der Waals surface area contributed by atoms with E-state index in [9.17, 15) is 4.39 Å². The Balaban J connectivity index is 2.24. The van der Waals surface area contributed by atoms with Gasteiger partial charge in [0.25, 0.3) is 0 Å². The Morgan fingerprint density at radius 2 is 1.89 bits per heavy atom. The minimum atomic E-state index is -0.314. The van der Waals surface area contributed by atoms with Gasteiger partial charge in [-0.05, 0) is 61.7 Å². The summed E-state index contributed by atoms with van der Waals surface area (Å²) in [5.41, 5.74) is 8.43. The van der Waals surface area contributed by atoms with E-state index in [1.165, 1.54) is 5.56 Å². The topological polar surface area (TPSA) is 35.2 Å². The average molecular weight is 259 g/mol. The van der Waals surface area contributed by atoms with Crippen molar-refractivity contribution < 1.29 is 9.13 Å². The van der Waals surface area contributed by atoms with Crippen molar-refractivity contribution in [3.05, 3.63) is 58.9 Å². The van der Waals surface area contributed by atoms with Crippen LogP contribution in [0, 0.1) is 19.7 Å². The van der Waals surface area contributed by atoms with Crippen LogP contribution in [0.25, 0.3) is 0 Å². The van der Waals surface area contributed by atoms with Gasteiger partial charge in [0.2, 0.25) is 0 Å². The number of ether oxygens (including phenoxy) is 1. The monoisotopic (exact) mass is 259 g/mol. The summed E-state index contributed by atoms with van der Waals surface area (Å²) in [5.74, 6) is 0.583. The van der Waals surface area contributed by atoms with Gasteiger partial charge in [-0.1, -0.05) is 18.2 Å². The SMILES string of the molecule is Cc1cc(Oc2cccc(C)c2F)ccc1CCN. The summed E-state index contributed by atoms with van der Waals surface area (Å²) in [4.78, 5) is 0. The average Bonchev–Trinajstić information content (AvgIpc) is 2.38. The fourth-order valence-electron chi connectivity index (χ4n) is 1.99. The van der Waals surface area contributed by atoms with Crippen molar-refractivity contribution in [2.24, 2.45) is 5.73 Å². The molecule has 0 fully saturated rings. The number of halogens is 1. The second-order valence-corrected chi connectivity index (χ2v) is 4.62. The molecule has 2 aromatic rings. The molecule has 0 aliphatic heterocycles. The van der Waals surface area contributed by atoms with E-state index >= 15 is 0 Å². The third-order valence-corrected chi connectivity index (χ3v) is 3.11. The summed E-state index contributed by atoms with van der Waals surface area (Å²) in [5, 5.41) is 0. The molecule has 0 bridgehead atoms. The van der Waals surface area contributed by atoms with Crippen LogP contribution in [0.1, 0.15) is 16.7 Å². The molecule has 2 nitrogen and oxygen atoms in total. The van der Waals surface area contributed by atoms with Crippen LogP contribution in [0.4, 0.5) is 4.39 Å². The molecule has 3 heteroatoms. The molecular weight excluding hydrogens is 241 g/mol. The maximum atomic E-state index is 13.8. The highest BCUT2D eigenvalue weighted by Crippen LogP contribution is 2.27. The van der Waals surface area contributed by atoms with Gasteiger partial charge in [-0.25, -0.2) is 4.39 Å². The Bertz CT molecular complexity index is 581. The van der Waals surface area contributed by atoms with Crippen LogP contribution in [0.15, 0.2) is 36.4 Å². The van der Waals surface area contributed by atoms with E-state index in [-0.39, 0.29) is 11.6 Å². The quantitative estimate of drug-likeness (QED) is 0.907. The van der Waals surface area contributed by atoms with Crippen LogP contribution in [0.2, 0.25) is 0 Å². The molecule has 2 N–H and O–H groups in total. The van der Waals surface area contributed by atoms with E-state index in [4.69, 9.17) is 10.5 Å².